The van der Waals surface area contributed by atoms with E-state index in [-0.39, 0.29) is 12.3 Å². The lowest BCUT2D eigenvalue weighted by Crippen LogP contribution is -2.36. The van der Waals surface area contributed by atoms with Crippen molar-refractivity contribution in [2.45, 2.75) is 44.3 Å². The molecule has 0 spiro atoms. The quantitative estimate of drug-likeness (QED) is 0.529. The summed E-state index contributed by atoms with van der Waals surface area (Å²) in [7, 11) is 0. The SMILES string of the molecule is CC(c1ncnn1-c1ncccn1)N(CC1CC1)C(=O)c1cccc(C2CC2C(F)(F)F)c1. The topological polar surface area (TPSA) is 76.8 Å². The van der Waals surface area contributed by atoms with Crippen LogP contribution in [-0.2, 0) is 0 Å². The summed E-state index contributed by atoms with van der Waals surface area (Å²) in [6.45, 7) is 2.41. The first-order chi connectivity index (χ1) is 15.8. The summed E-state index contributed by atoms with van der Waals surface area (Å²) in [6.07, 6.45) is 2.55. The summed E-state index contributed by atoms with van der Waals surface area (Å²) in [4.78, 5) is 28.1. The molecule has 3 atom stereocenters. The Morgan fingerprint density at radius 2 is 1.94 bits per heavy atom. The molecule has 2 aliphatic rings. The van der Waals surface area contributed by atoms with Crippen molar-refractivity contribution in [2.75, 3.05) is 6.54 Å². The monoisotopic (exact) mass is 456 g/mol. The number of benzene rings is 1. The maximum absolute atomic E-state index is 13.6. The van der Waals surface area contributed by atoms with Crippen LogP contribution >= 0.6 is 0 Å². The molecule has 3 unspecified atom stereocenters. The Morgan fingerprint density at radius 3 is 2.61 bits per heavy atom. The average Bonchev–Trinajstić information content (AvgIpc) is 3.74. The maximum atomic E-state index is 13.6. The minimum Gasteiger partial charge on any atom is -0.328 e. The molecule has 2 aliphatic carbocycles. The molecule has 0 saturated heterocycles. The van der Waals surface area contributed by atoms with E-state index in [9.17, 15) is 18.0 Å². The molecule has 2 saturated carbocycles. The second-order valence-electron chi connectivity index (χ2n) is 8.77. The van der Waals surface area contributed by atoms with Crippen LogP contribution in [0, 0.1) is 11.8 Å². The molecular formula is C23H23F3N6O. The molecule has 3 aromatic rings. The lowest BCUT2D eigenvalue weighted by atomic mass is 10.0. The second-order valence-corrected chi connectivity index (χ2v) is 8.77. The molecule has 1 aromatic carbocycles. The van der Waals surface area contributed by atoms with Gasteiger partial charge in [0.05, 0.1) is 12.0 Å². The third-order valence-electron chi connectivity index (χ3n) is 6.34. The highest BCUT2D eigenvalue weighted by Crippen LogP contribution is 2.56. The van der Waals surface area contributed by atoms with Crippen LogP contribution in [0.25, 0.3) is 5.95 Å². The molecule has 5 rings (SSSR count). The smallest absolute Gasteiger partial charge is 0.328 e. The maximum Gasteiger partial charge on any atom is 0.392 e. The predicted octanol–water partition coefficient (Wildman–Crippen LogP) is 4.34. The number of amides is 1. The van der Waals surface area contributed by atoms with Crippen LogP contribution in [0.4, 0.5) is 13.2 Å². The summed E-state index contributed by atoms with van der Waals surface area (Å²) in [6, 6.07) is 7.87. The number of alkyl halides is 3. The van der Waals surface area contributed by atoms with E-state index >= 15 is 0 Å². The number of halogens is 3. The molecule has 7 nitrogen and oxygen atoms in total. The number of hydrogen-bond acceptors (Lipinski definition) is 5. The molecule has 0 aliphatic heterocycles. The van der Waals surface area contributed by atoms with E-state index in [2.05, 4.69) is 20.1 Å². The van der Waals surface area contributed by atoms with Gasteiger partial charge in [0.25, 0.3) is 11.9 Å². The Morgan fingerprint density at radius 1 is 1.18 bits per heavy atom. The Balaban J connectivity index is 1.42. The van der Waals surface area contributed by atoms with Crippen LogP contribution in [0.15, 0.2) is 49.1 Å². The molecule has 2 aromatic heterocycles. The van der Waals surface area contributed by atoms with Crippen molar-refractivity contribution in [3.05, 3.63) is 66.0 Å². The van der Waals surface area contributed by atoms with Crippen LogP contribution in [-0.4, -0.2) is 48.3 Å². The van der Waals surface area contributed by atoms with Gasteiger partial charge in [0, 0.05) is 24.5 Å². The zero-order chi connectivity index (χ0) is 23.2. The Bertz CT molecular complexity index is 1140. The third-order valence-corrected chi connectivity index (χ3v) is 6.34. The third kappa shape index (κ3) is 4.46. The first-order valence-corrected chi connectivity index (χ1v) is 11.0. The Labute approximate surface area is 188 Å². The first-order valence-electron chi connectivity index (χ1n) is 11.0. The molecule has 2 fully saturated rings. The highest BCUT2D eigenvalue weighted by molar-refractivity contribution is 5.94. The molecule has 0 bridgehead atoms. The van der Waals surface area contributed by atoms with Gasteiger partial charge in [-0.25, -0.2) is 15.0 Å². The van der Waals surface area contributed by atoms with E-state index in [4.69, 9.17) is 0 Å². The lowest BCUT2D eigenvalue weighted by molar-refractivity contribution is -0.148. The minimum atomic E-state index is -4.21. The summed E-state index contributed by atoms with van der Waals surface area (Å²) in [5, 5.41) is 4.23. The molecule has 33 heavy (non-hydrogen) atoms. The fraction of sp³-hybridized carbons (Fsp3) is 0.435. The second kappa shape index (κ2) is 8.24. The van der Waals surface area contributed by atoms with Gasteiger partial charge in [-0.05, 0) is 61.8 Å². The van der Waals surface area contributed by atoms with Gasteiger partial charge in [0.2, 0.25) is 0 Å². The van der Waals surface area contributed by atoms with Crippen LogP contribution in [0.2, 0.25) is 0 Å². The van der Waals surface area contributed by atoms with Crippen LogP contribution in [0.1, 0.15) is 59.9 Å². The number of aromatic nitrogens is 5. The van der Waals surface area contributed by atoms with Gasteiger partial charge >= 0.3 is 6.18 Å². The molecular weight excluding hydrogens is 433 g/mol. The van der Waals surface area contributed by atoms with Crippen molar-refractivity contribution in [1.82, 2.24) is 29.6 Å². The first kappa shape index (κ1) is 21.5. The largest absolute Gasteiger partial charge is 0.392 e. The van der Waals surface area contributed by atoms with Crippen molar-refractivity contribution in [3.63, 3.8) is 0 Å². The number of nitrogens with zero attached hydrogens (tertiary/aromatic N) is 6. The molecule has 0 N–H and O–H groups in total. The van der Waals surface area contributed by atoms with E-state index in [1.807, 2.05) is 6.92 Å². The fourth-order valence-corrected chi connectivity index (χ4v) is 4.22. The van der Waals surface area contributed by atoms with Gasteiger partial charge in [-0.2, -0.15) is 23.0 Å². The van der Waals surface area contributed by atoms with Crippen molar-refractivity contribution in [2.24, 2.45) is 11.8 Å². The lowest BCUT2D eigenvalue weighted by Gasteiger charge is -2.29. The van der Waals surface area contributed by atoms with Crippen molar-refractivity contribution >= 4 is 5.91 Å². The van der Waals surface area contributed by atoms with E-state index in [1.54, 1.807) is 47.6 Å². The number of rotatable bonds is 7. The van der Waals surface area contributed by atoms with Crippen molar-refractivity contribution in [3.8, 4) is 5.95 Å². The zero-order valence-electron chi connectivity index (χ0n) is 18.0. The number of carbonyl (C=O) groups excluding carboxylic acids is 1. The predicted molar refractivity (Wildman–Crippen MR) is 112 cm³/mol. The molecule has 10 heteroatoms. The number of carbonyl (C=O) groups is 1. The molecule has 172 valence electrons. The average molecular weight is 456 g/mol. The molecule has 2 heterocycles. The van der Waals surface area contributed by atoms with Crippen molar-refractivity contribution in [1.29, 1.82) is 0 Å². The van der Waals surface area contributed by atoms with Gasteiger partial charge in [0.1, 0.15) is 6.33 Å². The minimum absolute atomic E-state index is 0.0729. The van der Waals surface area contributed by atoms with E-state index < -0.39 is 24.1 Å². The molecule has 0 radical (unpaired) electrons. The highest BCUT2D eigenvalue weighted by atomic mass is 19.4. The fourth-order valence-electron chi connectivity index (χ4n) is 4.22. The van der Waals surface area contributed by atoms with Gasteiger partial charge in [0.15, 0.2) is 5.82 Å². The summed E-state index contributed by atoms with van der Waals surface area (Å²) in [5.41, 5.74) is 0.943. The van der Waals surface area contributed by atoms with Crippen LogP contribution in [0.5, 0.6) is 0 Å². The van der Waals surface area contributed by atoms with E-state index in [1.165, 1.54) is 11.0 Å². The standard InChI is InChI=1S/C23H23F3N6O/c1-14(20-29-13-30-32(20)22-27-8-3-9-28-22)31(12-15-6-7-15)21(33)17-5-2-4-16(10-17)18-11-19(18)23(24,25)26/h2-5,8-10,13-15,18-19H,6-7,11-12H2,1H3. The van der Waals surface area contributed by atoms with Gasteiger partial charge < -0.3 is 4.90 Å². The van der Waals surface area contributed by atoms with Gasteiger partial charge in [-0.15, -0.1) is 0 Å². The van der Waals surface area contributed by atoms with Crippen molar-refractivity contribution < 1.29 is 18.0 Å². The summed E-state index contributed by atoms with van der Waals surface area (Å²) >= 11 is 0. The van der Waals surface area contributed by atoms with Gasteiger partial charge in [-0.1, -0.05) is 12.1 Å². The highest BCUT2D eigenvalue weighted by Gasteiger charge is 2.56. The van der Waals surface area contributed by atoms with Crippen LogP contribution in [0.3, 0.4) is 0 Å². The normalized spacial score (nSPS) is 21.0. The van der Waals surface area contributed by atoms with E-state index in [0.29, 0.717) is 35.4 Å². The molecule has 1 amide bonds. The Kier molecular flexibility index (Phi) is 5.38. The number of hydrogen-bond donors (Lipinski definition) is 0. The Hall–Kier alpha value is -3.30. The summed E-state index contributed by atoms with van der Waals surface area (Å²) < 4.78 is 40.7. The van der Waals surface area contributed by atoms with E-state index in [0.717, 1.165) is 12.8 Å². The zero-order valence-corrected chi connectivity index (χ0v) is 18.0. The summed E-state index contributed by atoms with van der Waals surface area (Å²) in [5.74, 6) is -0.861. The van der Waals surface area contributed by atoms with Crippen LogP contribution < -0.4 is 0 Å². The van der Waals surface area contributed by atoms with Gasteiger partial charge in [-0.3, -0.25) is 4.79 Å².